The molecule has 0 amide bonds. The number of fused-ring (bicyclic) bond motifs is 1. The van der Waals surface area contributed by atoms with Gasteiger partial charge in [0.25, 0.3) is 0 Å². The SMILES string of the molecule is CCNC1CCCC1CCN1CCn2ccnc2C1. The van der Waals surface area contributed by atoms with E-state index in [1.165, 1.54) is 44.6 Å². The second-order valence-electron chi connectivity index (χ2n) is 5.96. The maximum Gasteiger partial charge on any atom is 0.122 e. The summed E-state index contributed by atoms with van der Waals surface area (Å²) in [5.41, 5.74) is 0. The van der Waals surface area contributed by atoms with Crippen molar-refractivity contribution in [1.82, 2.24) is 19.8 Å². The van der Waals surface area contributed by atoms with Crippen molar-refractivity contribution in [2.24, 2.45) is 5.92 Å². The van der Waals surface area contributed by atoms with Crippen molar-refractivity contribution < 1.29 is 0 Å². The molecule has 19 heavy (non-hydrogen) atoms. The topological polar surface area (TPSA) is 33.1 Å². The average Bonchev–Trinajstić information content (AvgIpc) is 3.05. The Hall–Kier alpha value is -0.870. The molecule has 4 heteroatoms. The molecule has 0 saturated heterocycles. The normalized spacial score (nSPS) is 27.6. The van der Waals surface area contributed by atoms with E-state index >= 15 is 0 Å². The van der Waals surface area contributed by atoms with Gasteiger partial charge in [-0.3, -0.25) is 4.90 Å². The first-order chi connectivity index (χ1) is 9.36. The Bertz CT molecular complexity index is 401. The second-order valence-corrected chi connectivity index (χ2v) is 5.96. The zero-order valence-electron chi connectivity index (χ0n) is 12.0. The highest BCUT2D eigenvalue weighted by atomic mass is 15.2. The van der Waals surface area contributed by atoms with Gasteiger partial charge in [-0.2, -0.15) is 0 Å². The van der Waals surface area contributed by atoms with Crippen molar-refractivity contribution in [2.75, 3.05) is 19.6 Å². The van der Waals surface area contributed by atoms with Crippen molar-refractivity contribution in [3.05, 3.63) is 18.2 Å². The molecule has 2 heterocycles. The molecule has 2 unspecified atom stereocenters. The number of hydrogen-bond donors (Lipinski definition) is 1. The van der Waals surface area contributed by atoms with Gasteiger partial charge in [-0.05, 0) is 38.3 Å². The lowest BCUT2D eigenvalue weighted by molar-refractivity contribution is 0.196. The highest BCUT2D eigenvalue weighted by molar-refractivity contribution is 4.95. The van der Waals surface area contributed by atoms with Crippen LogP contribution < -0.4 is 5.32 Å². The molecule has 0 bridgehead atoms. The summed E-state index contributed by atoms with van der Waals surface area (Å²) in [6, 6.07) is 0.775. The van der Waals surface area contributed by atoms with Crippen LogP contribution in [0.2, 0.25) is 0 Å². The molecule has 0 spiro atoms. The van der Waals surface area contributed by atoms with Crippen LogP contribution in [-0.4, -0.2) is 40.1 Å². The Labute approximate surface area is 116 Å². The molecule has 4 nitrogen and oxygen atoms in total. The Balaban J connectivity index is 1.48. The lowest BCUT2D eigenvalue weighted by Crippen LogP contribution is -2.37. The third-order valence-electron chi connectivity index (χ3n) is 4.77. The Morgan fingerprint density at radius 2 is 2.32 bits per heavy atom. The first-order valence-corrected chi connectivity index (χ1v) is 7.82. The fraction of sp³-hybridized carbons (Fsp3) is 0.800. The van der Waals surface area contributed by atoms with E-state index in [4.69, 9.17) is 0 Å². The van der Waals surface area contributed by atoms with Crippen LogP contribution >= 0.6 is 0 Å². The number of rotatable bonds is 5. The molecule has 1 N–H and O–H groups in total. The van der Waals surface area contributed by atoms with Gasteiger partial charge in [0, 0.05) is 31.5 Å². The summed E-state index contributed by atoms with van der Waals surface area (Å²) in [4.78, 5) is 7.01. The molecule has 1 aliphatic heterocycles. The summed E-state index contributed by atoms with van der Waals surface area (Å²) in [5.74, 6) is 2.13. The summed E-state index contributed by atoms with van der Waals surface area (Å²) >= 11 is 0. The van der Waals surface area contributed by atoms with Gasteiger partial charge in [-0.25, -0.2) is 4.98 Å². The van der Waals surface area contributed by atoms with Gasteiger partial charge in [0.2, 0.25) is 0 Å². The van der Waals surface area contributed by atoms with E-state index < -0.39 is 0 Å². The third-order valence-corrected chi connectivity index (χ3v) is 4.77. The third kappa shape index (κ3) is 3.00. The summed E-state index contributed by atoms with van der Waals surface area (Å²) in [6.07, 6.45) is 9.58. The number of hydrogen-bond acceptors (Lipinski definition) is 3. The zero-order chi connectivity index (χ0) is 13.1. The first-order valence-electron chi connectivity index (χ1n) is 7.82. The second kappa shape index (κ2) is 6.06. The summed E-state index contributed by atoms with van der Waals surface area (Å²) < 4.78 is 2.29. The predicted molar refractivity (Wildman–Crippen MR) is 76.9 cm³/mol. The van der Waals surface area contributed by atoms with Crippen LogP contribution in [0.5, 0.6) is 0 Å². The van der Waals surface area contributed by atoms with Crippen LogP contribution in [-0.2, 0) is 13.1 Å². The molecule has 1 saturated carbocycles. The van der Waals surface area contributed by atoms with E-state index in [1.54, 1.807) is 0 Å². The lowest BCUT2D eigenvalue weighted by atomic mass is 9.99. The summed E-state index contributed by atoms with van der Waals surface area (Å²) in [7, 11) is 0. The minimum absolute atomic E-state index is 0.775. The van der Waals surface area contributed by atoms with E-state index in [0.29, 0.717) is 0 Å². The fourth-order valence-electron chi connectivity index (χ4n) is 3.68. The summed E-state index contributed by atoms with van der Waals surface area (Å²) in [5, 5.41) is 3.66. The molecule has 2 aliphatic rings. The summed E-state index contributed by atoms with van der Waals surface area (Å²) in [6.45, 7) is 7.89. The van der Waals surface area contributed by atoms with Crippen LogP contribution in [0.4, 0.5) is 0 Å². The maximum atomic E-state index is 4.44. The largest absolute Gasteiger partial charge is 0.333 e. The van der Waals surface area contributed by atoms with E-state index in [0.717, 1.165) is 31.6 Å². The van der Waals surface area contributed by atoms with E-state index in [-0.39, 0.29) is 0 Å². The molecular formula is C15H26N4. The van der Waals surface area contributed by atoms with Gasteiger partial charge in [0.15, 0.2) is 0 Å². The monoisotopic (exact) mass is 262 g/mol. The zero-order valence-corrected chi connectivity index (χ0v) is 12.0. The van der Waals surface area contributed by atoms with Crippen molar-refractivity contribution in [3.8, 4) is 0 Å². The average molecular weight is 262 g/mol. The van der Waals surface area contributed by atoms with Crippen LogP contribution in [0.3, 0.4) is 0 Å². The predicted octanol–water partition coefficient (Wildman–Crippen LogP) is 1.87. The quantitative estimate of drug-likeness (QED) is 0.879. The molecule has 1 aliphatic carbocycles. The molecule has 106 valence electrons. The number of nitrogens with zero attached hydrogens (tertiary/aromatic N) is 3. The molecule has 2 atom stereocenters. The fourth-order valence-corrected chi connectivity index (χ4v) is 3.68. The van der Waals surface area contributed by atoms with Gasteiger partial charge in [0.1, 0.15) is 5.82 Å². The molecule has 1 aromatic heterocycles. The Morgan fingerprint density at radius 1 is 1.37 bits per heavy atom. The highest BCUT2D eigenvalue weighted by Gasteiger charge is 2.27. The van der Waals surface area contributed by atoms with Crippen LogP contribution in [0.1, 0.15) is 38.4 Å². The van der Waals surface area contributed by atoms with Crippen molar-refractivity contribution in [1.29, 1.82) is 0 Å². The first kappa shape index (κ1) is 13.1. The van der Waals surface area contributed by atoms with Gasteiger partial charge >= 0.3 is 0 Å². The minimum atomic E-state index is 0.775. The van der Waals surface area contributed by atoms with Gasteiger partial charge in [0.05, 0.1) is 6.54 Å². The van der Waals surface area contributed by atoms with Crippen molar-refractivity contribution in [3.63, 3.8) is 0 Å². The Kier molecular flexibility index (Phi) is 4.18. The van der Waals surface area contributed by atoms with Crippen molar-refractivity contribution >= 4 is 0 Å². The Morgan fingerprint density at radius 3 is 3.21 bits per heavy atom. The minimum Gasteiger partial charge on any atom is -0.333 e. The molecule has 3 rings (SSSR count). The van der Waals surface area contributed by atoms with Crippen LogP contribution in [0.25, 0.3) is 0 Å². The van der Waals surface area contributed by atoms with Crippen LogP contribution in [0.15, 0.2) is 12.4 Å². The maximum absolute atomic E-state index is 4.44. The highest BCUT2D eigenvalue weighted by Crippen LogP contribution is 2.28. The molecule has 1 fully saturated rings. The van der Waals surface area contributed by atoms with Gasteiger partial charge in [-0.1, -0.05) is 13.3 Å². The van der Waals surface area contributed by atoms with E-state index in [1.807, 2.05) is 6.20 Å². The number of aromatic nitrogens is 2. The van der Waals surface area contributed by atoms with E-state index in [2.05, 4.69) is 32.9 Å². The molecule has 1 aromatic rings. The lowest BCUT2D eigenvalue weighted by Gasteiger charge is -2.29. The molecule has 0 radical (unpaired) electrons. The van der Waals surface area contributed by atoms with E-state index in [9.17, 15) is 0 Å². The standard InChI is InChI=1S/C15H26N4/c1-2-16-14-5-3-4-13(14)6-8-18-10-11-19-9-7-17-15(19)12-18/h7,9,13-14,16H,2-6,8,10-12H2,1H3. The van der Waals surface area contributed by atoms with Crippen molar-refractivity contribution in [2.45, 2.75) is 51.7 Å². The molecule has 0 aromatic carbocycles. The number of imidazole rings is 1. The van der Waals surface area contributed by atoms with Crippen LogP contribution in [0, 0.1) is 5.92 Å². The molecular weight excluding hydrogens is 236 g/mol. The van der Waals surface area contributed by atoms with Gasteiger partial charge in [-0.15, -0.1) is 0 Å². The van der Waals surface area contributed by atoms with Gasteiger partial charge < -0.3 is 9.88 Å². The smallest absolute Gasteiger partial charge is 0.122 e. The number of nitrogens with one attached hydrogen (secondary N) is 1.